The van der Waals surface area contributed by atoms with E-state index in [1.165, 1.54) is 6.07 Å². The SMILES string of the molecule is CCOc1ccc(-n2cccc2[C@H]2[C@H](c3ccccn3)NC(=S)N2CCC(=O)Nc2ccccc2F)cc1. The van der Waals surface area contributed by atoms with Crippen molar-refractivity contribution in [3.63, 3.8) is 0 Å². The molecule has 9 heteroatoms. The first-order valence-corrected chi connectivity index (χ1v) is 12.9. The number of aromatic nitrogens is 2. The van der Waals surface area contributed by atoms with Gasteiger partial charge in [-0.25, -0.2) is 4.39 Å². The van der Waals surface area contributed by atoms with E-state index in [-0.39, 0.29) is 30.1 Å². The van der Waals surface area contributed by atoms with Gasteiger partial charge in [-0.15, -0.1) is 0 Å². The van der Waals surface area contributed by atoms with Gasteiger partial charge in [0, 0.05) is 36.7 Å². The van der Waals surface area contributed by atoms with Crippen LogP contribution in [0, 0.1) is 5.82 Å². The summed E-state index contributed by atoms with van der Waals surface area (Å²) in [5, 5.41) is 6.61. The van der Waals surface area contributed by atoms with Crippen LogP contribution < -0.4 is 15.4 Å². The number of anilines is 1. The molecule has 2 aromatic heterocycles. The van der Waals surface area contributed by atoms with E-state index in [0.29, 0.717) is 18.3 Å². The molecular formula is C29H28FN5O2S. The largest absolute Gasteiger partial charge is 0.494 e. The Hall–Kier alpha value is -4.24. The standard InChI is InChI=1S/C29H28FN5O2S/c1-2-37-21-14-12-20(13-15-21)34-18-7-11-25(34)28-27(24-10-5-6-17-31-24)33-29(38)35(28)19-16-26(36)32-23-9-4-3-8-22(23)30/h3-15,17-18,27-28H,2,16,19H2,1H3,(H,32,36)(H,33,38)/t27-,28-/m0/s1. The normalized spacial score (nSPS) is 16.8. The number of pyridine rings is 1. The van der Waals surface area contributed by atoms with Gasteiger partial charge in [0.1, 0.15) is 11.6 Å². The number of nitrogens with one attached hydrogen (secondary N) is 2. The maximum atomic E-state index is 14.0. The van der Waals surface area contributed by atoms with Crippen LogP contribution in [0.1, 0.15) is 36.8 Å². The number of amides is 1. The Bertz CT molecular complexity index is 1410. The Morgan fingerprint density at radius 1 is 1.08 bits per heavy atom. The lowest BCUT2D eigenvalue weighted by Gasteiger charge is -2.29. The van der Waals surface area contributed by atoms with E-state index in [4.69, 9.17) is 17.0 Å². The second kappa shape index (κ2) is 11.4. The maximum Gasteiger partial charge on any atom is 0.226 e. The molecule has 3 heterocycles. The van der Waals surface area contributed by atoms with Crippen LogP contribution in [0.15, 0.2) is 91.3 Å². The molecule has 2 N–H and O–H groups in total. The lowest BCUT2D eigenvalue weighted by atomic mass is 10.0. The quantitative estimate of drug-likeness (QED) is 0.283. The molecule has 0 saturated carbocycles. The first-order chi connectivity index (χ1) is 18.5. The van der Waals surface area contributed by atoms with Crippen LogP contribution >= 0.6 is 12.2 Å². The molecule has 1 aliphatic rings. The highest BCUT2D eigenvalue weighted by atomic mass is 32.1. The molecule has 1 saturated heterocycles. The number of thiocarbonyl (C=S) groups is 1. The molecule has 38 heavy (non-hydrogen) atoms. The summed E-state index contributed by atoms with van der Waals surface area (Å²) < 4.78 is 21.8. The number of hydrogen-bond donors (Lipinski definition) is 2. The van der Waals surface area contributed by atoms with E-state index in [1.807, 2.05) is 66.6 Å². The summed E-state index contributed by atoms with van der Waals surface area (Å²) in [6, 6.07) is 23.4. The number of para-hydroxylation sites is 1. The lowest BCUT2D eigenvalue weighted by Crippen LogP contribution is -2.33. The minimum atomic E-state index is -0.472. The van der Waals surface area contributed by atoms with Crippen LogP contribution in [0.25, 0.3) is 5.69 Å². The molecule has 1 amide bonds. The zero-order valence-corrected chi connectivity index (χ0v) is 21.7. The number of rotatable bonds is 9. The van der Waals surface area contributed by atoms with Crippen LogP contribution in [-0.4, -0.2) is 38.6 Å². The fourth-order valence-electron chi connectivity index (χ4n) is 4.71. The van der Waals surface area contributed by atoms with Crippen LogP contribution in [0.5, 0.6) is 5.75 Å². The van der Waals surface area contributed by atoms with Crippen LogP contribution in [0.2, 0.25) is 0 Å². The topological polar surface area (TPSA) is 71.4 Å². The zero-order chi connectivity index (χ0) is 26.5. The van der Waals surface area contributed by atoms with Gasteiger partial charge in [-0.1, -0.05) is 18.2 Å². The Kier molecular flexibility index (Phi) is 7.65. The van der Waals surface area contributed by atoms with Crippen molar-refractivity contribution in [3.05, 3.63) is 108 Å². The Labute approximate surface area is 226 Å². The number of carbonyl (C=O) groups excluding carboxylic acids is 1. The molecule has 4 aromatic rings. The second-order valence-corrected chi connectivity index (χ2v) is 9.21. The Balaban J connectivity index is 1.43. The number of benzene rings is 2. The highest BCUT2D eigenvalue weighted by Gasteiger charge is 2.41. The monoisotopic (exact) mass is 529 g/mol. The predicted octanol–water partition coefficient (Wildman–Crippen LogP) is 5.41. The summed E-state index contributed by atoms with van der Waals surface area (Å²) in [6.07, 6.45) is 3.89. The molecule has 0 bridgehead atoms. The Morgan fingerprint density at radius 3 is 2.61 bits per heavy atom. The van der Waals surface area contributed by atoms with Crippen molar-refractivity contribution in [1.82, 2.24) is 19.8 Å². The average molecular weight is 530 g/mol. The van der Waals surface area contributed by atoms with Gasteiger partial charge in [0.05, 0.1) is 30.1 Å². The lowest BCUT2D eigenvalue weighted by molar-refractivity contribution is -0.116. The molecule has 1 aliphatic heterocycles. The summed E-state index contributed by atoms with van der Waals surface area (Å²) in [7, 11) is 0. The van der Waals surface area contributed by atoms with E-state index < -0.39 is 5.82 Å². The third-order valence-corrected chi connectivity index (χ3v) is 6.79. The van der Waals surface area contributed by atoms with Crippen LogP contribution in [-0.2, 0) is 4.79 Å². The van der Waals surface area contributed by atoms with Gasteiger partial charge in [-0.3, -0.25) is 9.78 Å². The molecular weight excluding hydrogens is 501 g/mol. The molecule has 194 valence electrons. The Morgan fingerprint density at radius 2 is 1.87 bits per heavy atom. The second-order valence-electron chi connectivity index (χ2n) is 8.83. The highest BCUT2D eigenvalue weighted by Crippen LogP contribution is 2.39. The van der Waals surface area contributed by atoms with Crippen molar-refractivity contribution < 1.29 is 13.9 Å². The van der Waals surface area contributed by atoms with E-state index in [0.717, 1.165) is 22.8 Å². The highest BCUT2D eigenvalue weighted by molar-refractivity contribution is 7.80. The summed E-state index contributed by atoms with van der Waals surface area (Å²) in [4.78, 5) is 19.3. The summed E-state index contributed by atoms with van der Waals surface area (Å²) in [5.74, 6) is 0.0443. The molecule has 2 aromatic carbocycles. The van der Waals surface area contributed by atoms with E-state index >= 15 is 0 Å². The third-order valence-electron chi connectivity index (χ3n) is 6.43. The molecule has 0 spiro atoms. The summed E-state index contributed by atoms with van der Waals surface area (Å²) >= 11 is 5.75. The number of carbonyl (C=O) groups is 1. The van der Waals surface area contributed by atoms with Crippen molar-refractivity contribution in [1.29, 1.82) is 0 Å². The van der Waals surface area contributed by atoms with Crippen LogP contribution in [0.3, 0.4) is 0 Å². The van der Waals surface area contributed by atoms with Crippen molar-refractivity contribution in [3.8, 4) is 11.4 Å². The van der Waals surface area contributed by atoms with Crippen molar-refractivity contribution >= 4 is 28.9 Å². The van der Waals surface area contributed by atoms with Crippen molar-refractivity contribution in [2.24, 2.45) is 0 Å². The molecule has 5 rings (SSSR count). The number of hydrogen-bond acceptors (Lipinski definition) is 4. The summed E-state index contributed by atoms with van der Waals surface area (Å²) in [5.41, 5.74) is 2.97. The fraction of sp³-hybridized carbons (Fsp3) is 0.207. The van der Waals surface area contributed by atoms with Gasteiger partial charge in [0.2, 0.25) is 5.91 Å². The first kappa shape index (κ1) is 25.4. The van der Waals surface area contributed by atoms with Crippen molar-refractivity contribution in [2.45, 2.75) is 25.4 Å². The molecule has 1 fully saturated rings. The maximum absolute atomic E-state index is 14.0. The molecule has 0 radical (unpaired) electrons. The average Bonchev–Trinajstić information content (AvgIpc) is 3.54. The van der Waals surface area contributed by atoms with E-state index in [1.54, 1.807) is 24.4 Å². The number of ether oxygens (including phenoxy) is 1. The van der Waals surface area contributed by atoms with E-state index in [2.05, 4.69) is 26.3 Å². The summed E-state index contributed by atoms with van der Waals surface area (Å²) in [6.45, 7) is 2.90. The van der Waals surface area contributed by atoms with Gasteiger partial charge >= 0.3 is 0 Å². The van der Waals surface area contributed by atoms with Crippen LogP contribution in [0.4, 0.5) is 10.1 Å². The smallest absolute Gasteiger partial charge is 0.226 e. The predicted molar refractivity (Wildman–Crippen MR) is 149 cm³/mol. The van der Waals surface area contributed by atoms with Gasteiger partial charge in [0.15, 0.2) is 5.11 Å². The van der Waals surface area contributed by atoms with Gasteiger partial charge in [-0.2, -0.15) is 0 Å². The fourth-order valence-corrected chi connectivity index (χ4v) is 5.04. The van der Waals surface area contributed by atoms with Gasteiger partial charge < -0.3 is 24.8 Å². The molecule has 0 aliphatic carbocycles. The van der Waals surface area contributed by atoms with Crippen molar-refractivity contribution in [2.75, 3.05) is 18.5 Å². The minimum Gasteiger partial charge on any atom is -0.494 e. The van der Waals surface area contributed by atoms with Gasteiger partial charge in [0.25, 0.3) is 0 Å². The zero-order valence-electron chi connectivity index (χ0n) is 20.9. The minimum absolute atomic E-state index is 0.130. The molecule has 7 nitrogen and oxygen atoms in total. The van der Waals surface area contributed by atoms with E-state index in [9.17, 15) is 9.18 Å². The first-order valence-electron chi connectivity index (χ1n) is 12.5. The van der Waals surface area contributed by atoms with Gasteiger partial charge in [-0.05, 0) is 79.8 Å². The molecule has 0 unspecified atom stereocenters. The number of nitrogens with zero attached hydrogens (tertiary/aromatic N) is 3. The molecule has 2 atom stereocenters. The number of halogens is 1. The third kappa shape index (κ3) is 5.38.